The summed E-state index contributed by atoms with van der Waals surface area (Å²) in [6.45, 7) is 15.5. The molecule has 0 bridgehead atoms. The summed E-state index contributed by atoms with van der Waals surface area (Å²) in [6, 6.07) is 10.5. The summed E-state index contributed by atoms with van der Waals surface area (Å²) in [7, 11) is 0. The van der Waals surface area contributed by atoms with Gasteiger partial charge >= 0.3 is 6.03 Å². The molecule has 3 amide bonds. The molecule has 8 heteroatoms. The van der Waals surface area contributed by atoms with Crippen molar-refractivity contribution in [2.24, 2.45) is 5.41 Å². The van der Waals surface area contributed by atoms with Gasteiger partial charge in [0, 0.05) is 79.7 Å². The Morgan fingerprint density at radius 1 is 1.10 bits per heavy atom. The third kappa shape index (κ3) is 6.72. The molecule has 214 valence electrons. The lowest BCUT2D eigenvalue weighted by Crippen LogP contribution is -2.42. The molecule has 0 radical (unpaired) electrons. The Kier molecular flexibility index (Phi) is 9.28. The van der Waals surface area contributed by atoms with E-state index >= 15 is 0 Å². The second-order valence-corrected chi connectivity index (χ2v) is 11.6. The van der Waals surface area contributed by atoms with Crippen molar-refractivity contribution in [1.29, 1.82) is 0 Å². The predicted octanol–water partition coefficient (Wildman–Crippen LogP) is 5.27. The number of rotatable bonds is 10. The maximum atomic E-state index is 13.3. The smallest absolute Gasteiger partial charge is 0.317 e. The molecule has 3 aromatic rings. The van der Waals surface area contributed by atoms with Gasteiger partial charge in [0.1, 0.15) is 0 Å². The zero-order valence-electron chi connectivity index (χ0n) is 24.9. The molecule has 1 fully saturated rings. The van der Waals surface area contributed by atoms with Crippen LogP contribution in [0.5, 0.6) is 0 Å². The lowest BCUT2D eigenvalue weighted by molar-refractivity contribution is -0.139. The Hall–Kier alpha value is -3.68. The molecular formula is C32H44N6O2. The number of hydrogen-bond donors (Lipinski definition) is 2. The molecular weight excluding hydrogens is 500 g/mol. The van der Waals surface area contributed by atoms with Crippen LogP contribution >= 0.6 is 0 Å². The fourth-order valence-corrected chi connectivity index (χ4v) is 5.88. The average Bonchev–Trinajstić information content (AvgIpc) is 3.57. The van der Waals surface area contributed by atoms with Crippen LogP contribution in [0.2, 0.25) is 0 Å². The molecule has 1 unspecified atom stereocenters. The number of carbonyl (C=O) groups is 2. The second-order valence-electron chi connectivity index (χ2n) is 11.6. The lowest BCUT2D eigenvalue weighted by Gasteiger charge is -2.30. The standard InChI is InChI=1S/C32H44N6O2/c1-7-37(8-2)30(39)32(5,6)20-28-27(29(36-35-28)26-18-22(3)17-23(4)19-26)11-15-34-31(40)38-16-12-25(21-38)24-9-13-33-14-10-24/h9-10,13-14,17-19,25H,7-8,11-12,15-16,20-21H2,1-6H3,(H,34,40)(H,35,36). The van der Waals surface area contributed by atoms with Crippen molar-refractivity contribution in [3.8, 4) is 11.3 Å². The van der Waals surface area contributed by atoms with Crippen LogP contribution in [-0.4, -0.2) is 69.6 Å². The molecule has 1 aliphatic heterocycles. The van der Waals surface area contributed by atoms with Crippen molar-refractivity contribution >= 4 is 11.9 Å². The van der Waals surface area contributed by atoms with E-state index < -0.39 is 5.41 Å². The number of H-pyrrole nitrogens is 1. The van der Waals surface area contributed by atoms with E-state index in [0.717, 1.165) is 35.5 Å². The zero-order valence-corrected chi connectivity index (χ0v) is 24.9. The molecule has 4 rings (SSSR count). The van der Waals surface area contributed by atoms with E-state index in [9.17, 15) is 9.59 Å². The molecule has 1 saturated heterocycles. The monoisotopic (exact) mass is 544 g/mol. The number of aromatic amines is 1. The first-order chi connectivity index (χ1) is 19.1. The maximum Gasteiger partial charge on any atom is 0.317 e. The number of urea groups is 1. The summed E-state index contributed by atoms with van der Waals surface area (Å²) in [6.07, 6.45) is 5.74. The average molecular weight is 545 g/mol. The minimum Gasteiger partial charge on any atom is -0.343 e. The molecule has 40 heavy (non-hydrogen) atoms. The Balaban J connectivity index is 1.50. The van der Waals surface area contributed by atoms with Crippen molar-refractivity contribution in [3.05, 3.63) is 70.7 Å². The van der Waals surface area contributed by atoms with Gasteiger partial charge < -0.3 is 15.1 Å². The first-order valence-corrected chi connectivity index (χ1v) is 14.5. The van der Waals surface area contributed by atoms with E-state index in [1.54, 1.807) is 0 Å². The van der Waals surface area contributed by atoms with Crippen LogP contribution in [0.15, 0.2) is 42.7 Å². The number of hydrogen-bond acceptors (Lipinski definition) is 4. The minimum atomic E-state index is -0.589. The fourth-order valence-electron chi connectivity index (χ4n) is 5.88. The van der Waals surface area contributed by atoms with E-state index in [1.807, 2.05) is 62.0 Å². The number of nitrogens with one attached hydrogen (secondary N) is 2. The number of likely N-dealkylation sites (tertiary alicyclic amines) is 1. The van der Waals surface area contributed by atoms with Crippen LogP contribution in [0.4, 0.5) is 4.79 Å². The zero-order chi connectivity index (χ0) is 28.9. The normalized spacial score (nSPS) is 15.3. The van der Waals surface area contributed by atoms with Gasteiger partial charge in [0.2, 0.25) is 5.91 Å². The van der Waals surface area contributed by atoms with Crippen LogP contribution < -0.4 is 5.32 Å². The van der Waals surface area contributed by atoms with Crippen molar-refractivity contribution in [2.45, 2.75) is 66.7 Å². The quantitative estimate of drug-likeness (QED) is 0.364. The fraction of sp³-hybridized carbons (Fsp3) is 0.500. The first-order valence-electron chi connectivity index (χ1n) is 14.5. The van der Waals surface area contributed by atoms with Crippen molar-refractivity contribution in [2.75, 3.05) is 32.7 Å². The number of aryl methyl sites for hydroxylation is 2. The molecule has 1 atom stereocenters. The molecule has 8 nitrogen and oxygen atoms in total. The molecule has 3 heterocycles. The Morgan fingerprint density at radius 3 is 2.42 bits per heavy atom. The number of amides is 3. The molecule has 2 aromatic heterocycles. The maximum absolute atomic E-state index is 13.3. The Bertz CT molecular complexity index is 1290. The van der Waals surface area contributed by atoms with Crippen LogP contribution in [0.25, 0.3) is 11.3 Å². The highest BCUT2D eigenvalue weighted by Gasteiger charge is 2.33. The third-order valence-electron chi connectivity index (χ3n) is 8.00. The van der Waals surface area contributed by atoms with Crippen LogP contribution in [-0.2, 0) is 17.6 Å². The highest BCUT2D eigenvalue weighted by molar-refractivity contribution is 5.82. The van der Waals surface area contributed by atoms with E-state index in [4.69, 9.17) is 5.10 Å². The van der Waals surface area contributed by atoms with Crippen LogP contribution in [0.1, 0.15) is 68.0 Å². The largest absolute Gasteiger partial charge is 0.343 e. The SMILES string of the molecule is CCN(CC)C(=O)C(C)(C)Cc1[nH]nc(-c2cc(C)cc(C)c2)c1CCNC(=O)N1CCC(c2ccncc2)C1. The van der Waals surface area contributed by atoms with E-state index in [2.05, 4.69) is 47.4 Å². The topological polar surface area (TPSA) is 94.2 Å². The van der Waals surface area contributed by atoms with Crippen LogP contribution in [0.3, 0.4) is 0 Å². The van der Waals surface area contributed by atoms with Gasteiger partial charge in [-0.1, -0.05) is 31.0 Å². The molecule has 1 aliphatic rings. The highest BCUT2D eigenvalue weighted by atomic mass is 16.2. The van der Waals surface area contributed by atoms with E-state index in [-0.39, 0.29) is 11.9 Å². The number of carbonyl (C=O) groups excluding carboxylic acids is 2. The summed E-state index contributed by atoms with van der Waals surface area (Å²) >= 11 is 0. The summed E-state index contributed by atoms with van der Waals surface area (Å²) in [5.74, 6) is 0.480. The number of pyridine rings is 1. The molecule has 0 aliphatic carbocycles. The van der Waals surface area contributed by atoms with Gasteiger partial charge in [0.05, 0.1) is 5.69 Å². The van der Waals surface area contributed by atoms with Crippen molar-refractivity contribution in [1.82, 2.24) is 30.3 Å². The molecule has 2 N–H and O–H groups in total. The Labute approximate surface area is 238 Å². The second kappa shape index (κ2) is 12.7. The van der Waals surface area contributed by atoms with Gasteiger partial charge in [-0.15, -0.1) is 0 Å². The molecule has 0 saturated carbocycles. The number of nitrogens with zero attached hydrogens (tertiary/aromatic N) is 4. The molecule has 1 aromatic carbocycles. The van der Waals surface area contributed by atoms with Crippen LogP contribution in [0, 0.1) is 19.3 Å². The first kappa shape index (κ1) is 29.3. The van der Waals surface area contributed by atoms with Gasteiger partial charge in [0.15, 0.2) is 0 Å². The lowest BCUT2D eigenvalue weighted by atomic mass is 9.84. The van der Waals surface area contributed by atoms with Crippen molar-refractivity contribution in [3.63, 3.8) is 0 Å². The highest BCUT2D eigenvalue weighted by Crippen LogP contribution is 2.32. The summed E-state index contributed by atoms with van der Waals surface area (Å²) < 4.78 is 0. The van der Waals surface area contributed by atoms with Gasteiger partial charge in [-0.2, -0.15) is 5.10 Å². The minimum absolute atomic E-state index is 0.0356. The van der Waals surface area contributed by atoms with Gasteiger partial charge in [-0.25, -0.2) is 4.79 Å². The van der Waals surface area contributed by atoms with E-state index in [1.165, 1.54) is 16.7 Å². The summed E-state index contributed by atoms with van der Waals surface area (Å²) in [5.41, 5.74) is 6.94. The number of benzene rings is 1. The van der Waals surface area contributed by atoms with Crippen molar-refractivity contribution < 1.29 is 9.59 Å². The molecule has 0 spiro atoms. The van der Waals surface area contributed by atoms with Gasteiger partial charge in [-0.3, -0.25) is 14.9 Å². The Morgan fingerprint density at radius 2 is 1.77 bits per heavy atom. The number of aromatic nitrogens is 3. The third-order valence-corrected chi connectivity index (χ3v) is 8.00. The summed E-state index contributed by atoms with van der Waals surface area (Å²) in [4.78, 5) is 34.3. The summed E-state index contributed by atoms with van der Waals surface area (Å²) in [5, 5.41) is 11.1. The van der Waals surface area contributed by atoms with Gasteiger partial charge in [-0.05, 0) is 70.4 Å². The predicted molar refractivity (Wildman–Crippen MR) is 159 cm³/mol. The van der Waals surface area contributed by atoms with E-state index in [0.29, 0.717) is 44.9 Å². The van der Waals surface area contributed by atoms with Gasteiger partial charge in [0.25, 0.3) is 0 Å².